The molecule has 0 saturated carbocycles. The molecule has 0 aliphatic rings. The zero-order valence-electron chi connectivity index (χ0n) is 15.0. The molecule has 0 aliphatic heterocycles. The lowest BCUT2D eigenvalue weighted by Gasteiger charge is -2.13. The number of sulfonamides is 1. The van der Waals surface area contributed by atoms with Crippen LogP contribution in [-0.4, -0.2) is 24.9 Å². The average Bonchev–Trinajstić information content (AvgIpc) is 2.54. The van der Waals surface area contributed by atoms with Gasteiger partial charge in [-0.2, -0.15) is 0 Å². The number of pyridine rings is 1. The molecule has 0 saturated heterocycles. The van der Waals surface area contributed by atoms with Crippen LogP contribution in [-0.2, 0) is 29.4 Å². The SMILES string of the molecule is CC(C)NS(=O)(=O)Cc1ccccc1CNC(=O)c1ccn(C)c(=O)c1. The van der Waals surface area contributed by atoms with Gasteiger partial charge in [0.1, 0.15) is 0 Å². The van der Waals surface area contributed by atoms with Gasteiger partial charge in [-0.25, -0.2) is 13.1 Å². The summed E-state index contributed by atoms with van der Waals surface area (Å²) in [6.45, 7) is 3.68. The topological polar surface area (TPSA) is 97.3 Å². The lowest BCUT2D eigenvalue weighted by atomic mass is 10.1. The van der Waals surface area contributed by atoms with Crippen molar-refractivity contribution in [2.75, 3.05) is 0 Å². The first-order chi connectivity index (χ1) is 12.2. The second-order valence-corrected chi connectivity index (χ2v) is 8.10. The molecule has 1 amide bonds. The van der Waals surface area contributed by atoms with Gasteiger partial charge in [0.15, 0.2) is 0 Å². The van der Waals surface area contributed by atoms with E-state index in [-0.39, 0.29) is 35.4 Å². The van der Waals surface area contributed by atoms with Gasteiger partial charge in [-0.15, -0.1) is 0 Å². The number of benzene rings is 1. The summed E-state index contributed by atoms with van der Waals surface area (Å²) in [5, 5.41) is 2.73. The Morgan fingerprint density at radius 3 is 2.42 bits per heavy atom. The molecule has 140 valence electrons. The molecule has 8 heteroatoms. The molecule has 1 aromatic heterocycles. The summed E-state index contributed by atoms with van der Waals surface area (Å²) in [4.78, 5) is 23.9. The summed E-state index contributed by atoms with van der Waals surface area (Å²) in [5.41, 5.74) is 1.31. The molecule has 0 spiro atoms. The van der Waals surface area contributed by atoms with E-state index in [4.69, 9.17) is 0 Å². The highest BCUT2D eigenvalue weighted by atomic mass is 32.2. The van der Waals surface area contributed by atoms with Crippen LogP contribution in [0.15, 0.2) is 47.4 Å². The molecule has 0 bridgehead atoms. The number of rotatable bonds is 7. The van der Waals surface area contributed by atoms with Crippen molar-refractivity contribution in [1.29, 1.82) is 0 Å². The van der Waals surface area contributed by atoms with Crippen molar-refractivity contribution in [3.05, 3.63) is 69.6 Å². The van der Waals surface area contributed by atoms with E-state index in [9.17, 15) is 18.0 Å². The molecule has 1 aromatic carbocycles. The van der Waals surface area contributed by atoms with Crippen molar-refractivity contribution in [2.24, 2.45) is 7.05 Å². The highest BCUT2D eigenvalue weighted by Gasteiger charge is 2.16. The number of amides is 1. The van der Waals surface area contributed by atoms with Crippen LogP contribution in [0.25, 0.3) is 0 Å². The highest BCUT2D eigenvalue weighted by molar-refractivity contribution is 7.88. The maximum absolute atomic E-state index is 12.2. The minimum Gasteiger partial charge on any atom is -0.348 e. The molecule has 0 unspecified atom stereocenters. The van der Waals surface area contributed by atoms with Crippen LogP contribution in [0, 0.1) is 0 Å². The first-order valence-electron chi connectivity index (χ1n) is 8.19. The third-order valence-corrected chi connectivity index (χ3v) is 5.21. The van der Waals surface area contributed by atoms with E-state index in [1.54, 1.807) is 51.2 Å². The Hall–Kier alpha value is -2.45. The van der Waals surface area contributed by atoms with Crippen LogP contribution in [0.5, 0.6) is 0 Å². The number of hydrogen-bond acceptors (Lipinski definition) is 4. The van der Waals surface area contributed by atoms with E-state index in [0.29, 0.717) is 11.1 Å². The predicted molar refractivity (Wildman–Crippen MR) is 100 cm³/mol. The van der Waals surface area contributed by atoms with E-state index < -0.39 is 10.0 Å². The van der Waals surface area contributed by atoms with Crippen molar-refractivity contribution in [2.45, 2.75) is 32.2 Å². The van der Waals surface area contributed by atoms with E-state index in [1.165, 1.54) is 16.8 Å². The van der Waals surface area contributed by atoms with Crippen molar-refractivity contribution in [3.63, 3.8) is 0 Å². The zero-order chi connectivity index (χ0) is 19.3. The van der Waals surface area contributed by atoms with Gasteiger partial charge in [0.2, 0.25) is 10.0 Å². The summed E-state index contributed by atoms with van der Waals surface area (Å²) < 4.78 is 28.2. The minimum atomic E-state index is -3.46. The van der Waals surface area contributed by atoms with Gasteiger partial charge in [0.25, 0.3) is 11.5 Å². The van der Waals surface area contributed by atoms with Crippen LogP contribution in [0.1, 0.15) is 35.3 Å². The van der Waals surface area contributed by atoms with Crippen molar-refractivity contribution in [3.8, 4) is 0 Å². The number of carbonyl (C=O) groups excluding carboxylic acids is 1. The maximum Gasteiger partial charge on any atom is 0.251 e. The Balaban J connectivity index is 2.11. The summed E-state index contributed by atoms with van der Waals surface area (Å²) in [6.07, 6.45) is 1.52. The van der Waals surface area contributed by atoms with E-state index in [2.05, 4.69) is 10.0 Å². The monoisotopic (exact) mass is 377 g/mol. The molecule has 0 atom stereocenters. The standard InChI is InChI=1S/C18H23N3O4S/c1-13(2)20-26(24,25)12-16-7-5-4-6-15(16)11-19-18(23)14-8-9-21(3)17(22)10-14/h4-10,13,20H,11-12H2,1-3H3,(H,19,23). The van der Waals surface area contributed by atoms with Gasteiger partial charge in [-0.1, -0.05) is 24.3 Å². The molecule has 0 radical (unpaired) electrons. The first-order valence-corrected chi connectivity index (χ1v) is 9.85. The predicted octanol–water partition coefficient (Wildman–Crippen LogP) is 1.14. The van der Waals surface area contributed by atoms with Crippen LogP contribution in [0.4, 0.5) is 0 Å². The number of aromatic nitrogens is 1. The minimum absolute atomic E-state index is 0.164. The third kappa shape index (κ3) is 5.53. The molecular weight excluding hydrogens is 354 g/mol. The summed E-state index contributed by atoms with van der Waals surface area (Å²) >= 11 is 0. The number of hydrogen-bond donors (Lipinski definition) is 2. The fraction of sp³-hybridized carbons (Fsp3) is 0.333. The van der Waals surface area contributed by atoms with E-state index in [0.717, 1.165) is 0 Å². The second kappa shape index (κ2) is 8.29. The molecule has 2 rings (SSSR count). The van der Waals surface area contributed by atoms with Crippen LogP contribution < -0.4 is 15.6 Å². The Morgan fingerprint density at radius 2 is 1.81 bits per heavy atom. The van der Waals surface area contributed by atoms with Gasteiger partial charge >= 0.3 is 0 Å². The highest BCUT2D eigenvalue weighted by Crippen LogP contribution is 2.12. The van der Waals surface area contributed by atoms with Crippen LogP contribution >= 0.6 is 0 Å². The van der Waals surface area contributed by atoms with Crippen LogP contribution in [0.2, 0.25) is 0 Å². The Bertz CT molecular complexity index is 949. The van der Waals surface area contributed by atoms with Gasteiger partial charge in [-0.05, 0) is 31.0 Å². The molecule has 26 heavy (non-hydrogen) atoms. The largest absolute Gasteiger partial charge is 0.348 e. The van der Waals surface area contributed by atoms with Gasteiger partial charge in [-0.3, -0.25) is 9.59 Å². The molecule has 2 aromatic rings. The summed E-state index contributed by atoms with van der Waals surface area (Å²) in [5.74, 6) is -0.552. The number of nitrogens with one attached hydrogen (secondary N) is 2. The molecule has 7 nitrogen and oxygen atoms in total. The molecule has 1 heterocycles. The summed E-state index contributed by atoms with van der Waals surface area (Å²) in [6, 6.07) is 9.66. The first kappa shape index (κ1) is 19.9. The summed E-state index contributed by atoms with van der Waals surface area (Å²) in [7, 11) is -1.86. The number of aryl methyl sites for hydroxylation is 1. The van der Waals surface area contributed by atoms with E-state index >= 15 is 0 Å². The van der Waals surface area contributed by atoms with E-state index in [1.807, 2.05) is 0 Å². The quantitative estimate of drug-likeness (QED) is 0.756. The Kier molecular flexibility index (Phi) is 6.33. The van der Waals surface area contributed by atoms with Crippen molar-refractivity contribution < 1.29 is 13.2 Å². The molecule has 0 fully saturated rings. The Morgan fingerprint density at radius 1 is 1.15 bits per heavy atom. The number of nitrogens with zero attached hydrogens (tertiary/aromatic N) is 1. The Labute approximate surface area is 153 Å². The second-order valence-electron chi connectivity index (χ2n) is 6.35. The fourth-order valence-corrected chi connectivity index (χ4v) is 3.94. The third-order valence-electron chi connectivity index (χ3n) is 3.69. The smallest absolute Gasteiger partial charge is 0.251 e. The maximum atomic E-state index is 12.2. The van der Waals surface area contributed by atoms with Crippen molar-refractivity contribution >= 4 is 15.9 Å². The average molecular weight is 377 g/mol. The fourth-order valence-electron chi connectivity index (χ4n) is 2.44. The van der Waals surface area contributed by atoms with Crippen LogP contribution in [0.3, 0.4) is 0 Å². The van der Waals surface area contributed by atoms with Gasteiger partial charge < -0.3 is 9.88 Å². The lowest BCUT2D eigenvalue weighted by molar-refractivity contribution is 0.0950. The number of carbonyl (C=O) groups is 1. The van der Waals surface area contributed by atoms with Crippen molar-refractivity contribution in [1.82, 2.24) is 14.6 Å². The molecule has 0 aliphatic carbocycles. The van der Waals surface area contributed by atoms with Gasteiger partial charge in [0, 0.05) is 37.5 Å². The normalized spacial score (nSPS) is 11.5. The molecular formula is C18H23N3O4S. The zero-order valence-corrected chi connectivity index (χ0v) is 15.8. The van der Waals surface area contributed by atoms with Gasteiger partial charge in [0.05, 0.1) is 5.75 Å². The molecule has 2 N–H and O–H groups in total. The lowest BCUT2D eigenvalue weighted by Crippen LogP contribution is -2.32.